The fraction of sp³-hybridized carbons (Fsp3) is 0.364. The Morgan fingerprint density at radius 2 is 1.94 bits per heavy atom. The van der Waals surface area contributed by atoms with Crippen molar-refractivity contribution in [2.45, 2.75) is 13.1 Å². The summed E-state index contributed by atoms with van der Waals surface area (Å²) >= 11 is 1.93. The van der Waals surface area contributed by atoms with Crippen LogP contribution in [-0.2, 0) is 0 Å². The van der Waals surface area contributed by atoms with E-state index in [0.717, 1.165) is 4.90 Å². The smallest absolute Gasteiger partial charge is 0.330 e. The van der Waals surface area contributed by atoms with Crippen LogP contribution in [0.1, 0.15) is 17.3 Å². The first kappa shape index (κ1) is 14.3. The maximum atomic E-state index is 12.3. The third-order valence-electron chi connectivity index (χ3n) is 2.14. The summed E-state index contributed by atoms with van der Waals surface area (Å²) in [5, 5.41) is 0. The zero-order valence-electron chi connectivity index (χ0n) is 9.09. The molecule has 0 aliphatic carbocycles. The van der Waals surface area contributed by atoms with Gasteiger partial charge in [-0.25, -0.2) is 0 Å². The van der Waals surface area contributed by atoms with Gasteiger partial charge in [-0.3, -0.25) is 4.79 Å². The molecular weight excluding hydrogens is 346 g/mol. The van der Waals surface area contributed by atoms with Crippen molar-refractivity contribution in [1.82, 2.24) is 4.90 Å². The van der Waals surface area contributed by atoms with Gasteiger partial charge in [-0.1, -0.05) is 12.1 Å². The summed E-state index contributed by atoms with van der Waals surface area (Å²) < 4.78 is 37.5. The Morgan fingerprint density at radius 1 is 1.35 bits per heavy atom. The van der Waals surface area contributed by atoms with Crippen molar-refractivity contribution in [1.29, 1.82) is 0 Å². The van der Waals surface area contributed by atoms with Crippen LogP contribution in [0.15, 0.2) is 24.3 Å². The third kappa shape index (κ3) is 4.18. The van der Waals surface area contributed by atoms with Crippen LogP contribution in [0.25, 0.3) is 0 Å². The highest BCUT2D eigenvalue weighted by Gasteiger charge is 2.32. The van der Waals surface area contributed by atoms with E-state index in [1.807, 2.05) is 22.6 Å². The molecule has 0 bridgehead atoms. The van der Waals surface area contributed by atoms with Crippen LogP contribution in [0, 0.1) is 3.57 Å². The molecule has 0 heterocycles. The van der Waals surface area contributed by atoms with Crippen molar-refractivity contribution in [3.8, 4) is 0 Å². The number of hydrogen-bond donors (Lipinski definition) is 0. The van der Waals surface area contributed by atoms with Crippen LogP contribution in [0.4, 0.5) is 13.2 Å². The van der Waals surface area contributed by atoms with E-state index in [9.17, 15) is 18.0 Å². The topological polar surface area (TPSA) is 20.3 Å². The van der Waals surface area contributed by atoms with Gasteiger partial charge in [0, 0.05) is 10.1 Å². The van der Waals surface area contributed by atoms with Crippen molar-refractivity contribution in [3.63, 3.8) is 0 Å². The standard InChI is InChI=1S/C11H11F3INO/c1-2-16(7-11(12,13)14)10(17)8-5-3-4-6-9(8)15/h3-6H,2,7H2,1H3. The first-order valence-corrected chi connectivity index (χ1v) is 6.03. The Morgan fingerprint density at radius 3 is 2.41 bits per heavy atom. The minimum absolute atomic E-state index is 0.0311. The van der Waals surface area contributed by atoms with Gasteiger partial charge in [0.05, 0.1) is 5.56 Å². The molecule has 0 aromatic heterocycles. The van der Waals surface area contributed by atoms with Gasteiger partial charge in [-0.15, -0.1) is 0 Å². The predicted molar refractivity (Wildman–Crippen MR) is 66.8 cm³/mol. The fourth-order valence-electron chi connectivity index (χ4n) is 1.35. The molecular formula is C11H11F3INO. The van der Waals surface area contributed by atoms with Crippen molar-refractivity contribution in [2.24, 2.45) is 0 Å². The lowest BCUT2D eigenvalue weighted by Crippen LogP contribution is -2.39. The van der Waals surface area contributed by atoms with E-state index < -0.39 is 18.6 Å². The Kier molecular flexibility index (Phi) is 4.79. The van der Waals surface area contributed by atoms with Crippen molar-refractivity contribution in [3.05, 3.63) is 33.4 Å². The average molecular weight is 357 g/mol. The molecule has 17 heavy (non-hydrogen) atoms. The average Bonchev–Trinajstić information content (AvgIpc) is 2.24. The van der Waals surface area contributed by atoms with Gasteiger partial charge in [0.1, 0.15) is 6.54 Å². The van der Waals surface area contributed by atoms with Crippen LogP contribution in [0.2, 0.25) is 0 Å². The number of carbonyl (C=O) groups excluding carboxylic acids is 1. The van der Waals surface area contributed by atoms with Crippen molar-refractivity contribution >= 4 is 28.5 Å². The highest BCUT2D eigenvalue weighted by molar-refractivity contribution is 14.1. The van der Waals surface area contributed by atoms with Gasteiger partial charge in [-0.2, -0.15) is 13.2 Å². The molecule has 1 rings (SSSR count). The summed E-state index contributed by atoms with van der Waals surface area (Å²) in [6, 6.07) is 6.59. The summed E-state index contributed by atoms with van der Waals surface area (Å²) in [6.07, 6.45) is -4.37. The van der Waals surface area contributed by atoms with Crippen LogP contribution >= 0.6 is 22.6 Å². The van der Waals surface area contributed by atoms with Gasteiger partial charge in [-0.05, 0) is 41.6 Å². The summed E-state index contributed by atoms with van der Waals surface area (Å²) in [5.74, 6) is -0.588. The molecule has 1 aromatic carbocycles. The van der Waals surface area contributed by atoms with E-state index in [-0.39, 0.29) is 6.54 Å². The first-order valence-electron chi connectivity index (χ1n) is 4.95. The minimum atomic E-state index is -4.37. The van der Waals surface area contributed by atoms with Gasteiger partial charge < -0.3 is 4.90 Å². The monoisotopic (exact) mass is 357 g/mol. The maximum Gasteiger partial charge on any atom is 0.406 e. The van der Waals surface area contributed by atoms with Gasteiger partial charge in [0.25, 0.3) is 5.91 Å². The number of halogens is 4. The highest BCUT2D eigenvalue weighted by atomic mass is 127. The summed E-state index contributed by atoms with van der Waals surface area (Å²) in [4.78, 5) is 12.7. The van der Waals surface area contributed by atoms with Crippen LogP contribution in [0.5, 0.6) is 0 Å². The molecule has 0 spiro atoms. The Hall–Kier alpha value is -0.790. The molecule has 0 N–H and O–H groups in total. The Balaban J connectivity index is 2.91. The fourth-order valence-corrected chi connectivity index (χ4v) is 1.97. The van der Waals surface area contributed by atoms with E-state index in [0.29, 0.717) is 9.13 Å². The predicted octanol–water partition coefficient (Wildman–Crippen LogP) is 3.32. The Bertz CT molecular complexity index is 406. The SMILES string of the molecule is CCN(CC(F)(F)F)C(=O)c1ccccc1I. The van der Waals surface area contributed by atoms with Crippen molar-refractivity contribution in [2.75, 3.05) is 13.1 Å². The van der Waals surface area contributed by atoms with E-state index in [4.69, 9.17) is 0 Å². The summed E-state index contributed by atoms with van der Waals surface area (Å²) in [6.45, 7) is 0.343. The molecule has 2 nitrogen and oxygen atoms in total. The number of alkyl halides is 3. The molecule has 0 saturated heterocycles. The summed E-state index contributed by atoms with van der Waals surface area (Å²) in [7, 11) is 0. The normalized spacial score (nSPS) is 11.4. The van der Waals surface area contributed by atoms with E-state index in [1.54, 1.807) is 18.2 Å². The molecule has 1 amide bonds. The van der Waals surface area contributed by atoms with E-state index >= 15 is 0 Å². The number of carbonyl (C=O) groups is 1. The van der Waals surface area contributed by atoms with E-state index in [1.165, 1.54) is 13.0 Å². The lowest BCUT2D eigenvalue weighted by molar-refractivity contribution is -0.140. The zero-order chi connectivity index (χ0) is 13.1. The number of hydrogen-bond acceptors (Lipinski definition) is 1. The van der Waals surface area contributed by atoms with Gasteiger partial charge in [0.2, 0.25) is 0 Å². The molecule has 0 saturated carbocycles. The quantitative estimate of drug-likeness (QED) is 0.761. The number of nitrogens with zero attached hydrogens (tertiary/aromatic N) is 1. The maximum absolute atomic E-state index is 12.3. The number of rotatable bonds is 3. The van der Waals surface area contributed by atoms with Crippen LogP contribution in [0.3, 0.4) is 0 Å². The summed E-state index contributed by atoms with van der Waals surface area (Å²) in [5.41, 5.74) is 0.305. The zero-order valence-corrected chi connectivity index (χ0v) is 11.2. The molecule has 0 fully saturated rings. The largest absolute Gasteiger partial charge is 0.406 e. The first-order chi connectivity index (χ1) is 7.85. The minimum Gasteiger partial charge on any atom is -0.330 e. The lowest BCUT2D eigenvalue weighted by atomic mass is 10.2. The second-order valence-corrected chi connectivity index (χ2v) is 4.58. The number of amides is 1. The molecule has 0 aliphatic rings. The second-order valence-electron chi connectivity index (χ2n) is 3.41. The van der Waals surface area contributed by atoms with Gasteiger partial charge >= 0.3 is 6.18 Å². The van der Waals surface area contributed by atoms with Crippen molar-refractivity contribution < 1.29 is 18.0 Å². The van der Waals surface area contributed by atoms with Crippen LogP contribution < -0.4 is 0 Å². The van der Waals surface area contributed by atoms with Gasteiger partial charge in [0.15, 0.2) is 0 Å². The van der Waals surface area contributed by atoms with Crippen LogP contribution in [-0.4, -0.2) is 30.1 Å². The lowest BCUT2D eigenvalue weighted by Gasteiger charge is -2.22. The Labute approximate surface area is 111 Å². The second kappa shape index (κ2) is 5.70. The molecule has 0 atom stereocenters. The highest BCUT2D eigenvalue weighted by Crippen LogP contribution is 2.19. The van der Waals surface area contributed by atoms with E-state index in [2.05, 4.69) is 0 Å². The molecule has 0 radical (unpaired) electrons. The molecule has 1 aromatic rings. The molecule has 0 unspecified atom stereocenters. The third-order valence-corrected chi connectivity index (χ3v) is 3.08. The molecule has 6 heteroatoms. The number of benzene rings is 1. The molecule has 94 valence electrons. The molecule has 0 aliphatic heterocycles.